The summed E-state index contributed by atoms with van der Waals surface area (Å²) < 4.78 is 12.6. The molecule has 0 bridgehead atoms. The Morgan fingerprint density at radius 1 is 1.28 bits per heavy atom. The lowest BCUT2D eigenvalue weighted by molar-refractivity contribution is 0.0117. The molecule has 1 fully saturated rings. The molecule has 0 spiro atoms. The van der Waals surface area contributed by atoms with Crippen LogP contribution in [0, 0.1) is 6.92 Å². The molecule has 1 atom stereocenters. The number of amides is 1. The van der Waals surface area contributed by atoms with Crippen molar-refractivity contribution < 1.29 is 13.9 Å². The van der Waals surface area contributed by atoms with E-state index in [0.717, 1.165) is 24.6 Å². The van der Waals surface area contributed by atoms with E-state index in [2.05, 4.69) is 10.2 Å². The van der Waals surface area contributed by atoms with Crippen LogP contribution in [0.2, 0.25) is 0 Å². The minimum absolute atomic E-state index is 0.0619. The first-order valence-electron chi connectivity index (χ1n) is 8.37. The third kappa shape index (κ3) is 4.18. The number of aryl methyl sites for hydroxylation is 2. The minimum atomic E-state index is -0.265. The van der Waals surface area contributed by atoms with E-state index in [1.165, 1.54) is 10.6 Å². The molecule has 7 nitrogen and oxygen atoms in total. The fraction of sp³-hybridized carbons (Fsp3) is 0.444. The Morgan fingerprint density at radius 3 is 2.68 bits per heavy atom. The molecule has 0 aliphatic carbocycles. The number of morpholine rings is 1. The Kier molecular flexibility index (Phi) is 5.35. The predicted molar refractivity (Wildman–Crippen MR) is 92.6 cm³/mol. The second-order valence-electron chi connectivity index (χ2n) is 6.19. The van der Waals surface area contributed by atoms with Gasteiger partial charge in [0.05, 0.1) is 19.3 Å². The smallest absolute Gasteiger partial charge is 0.251 e. The number of hydrogen-bond acceptors (Lipinski definition) is 5. The summed E-state index contributed by atoms with van der Waals surface area (Å²) in [5.41, 5.74) is 0.151. The van der Waals surface area contributed by atoms with Crippen LogP contribution >= 0.6 is 0 Å². The van der Waals surface area contributed by atoms with Crippen LogP contribution in [0.1, 0.15) is 27.9 Å². The molecule has 1 N–H and O–H groups in total. The number of carbonyl (C=O) groups is 1. The highest BCUT2D eigenvalue weighted by atomic mass is 16.5. The van der Waals surface area contributed by atoms with Crippen LogP contribution in [-0.2, 0) is 11.8 Å². The number of hydrogen-bond donors (Lipinski definition) is 1. The van der Waals surface area contributed by atoms with Crippen LogP contribution in [0.25, 0.3) is 0 Å². The van der Waals surface area contributed by atoms with Gasteiger partial charge in [0.25, 0.3) is 11.5 Å². The molecule has 1 aliphatic rings. The lowest BCUT2D eigenvalue weighted by atomic mass is 10.1. The summed E-state index contributed by atoms with van der Waals surface area (Å²) in [5.74, 6) is 1.40. The molecular weight excluding hydrogens is 322 g/mol. The number of aromatic nitrogens is 1. The van der Waals surface area contributed by atoms with E-state index >= 15 is 0 Å². The standard InChI is InChI=1S/C18H23N3O4/c1-13-3-4-16(25-13)15(21-7-9-24-10-8-21)12-19-18(23)14-5-6-20(2)17(22)11-14/h3-6,11,15H,7-10,12H2,1-2H3,(H,19,23)/t15-/m1/s1. The van der Waals surface area contributed by atoms with E-state index in [9.17, 15) is 9.59 Å². The first-order valence-corrected chi connectivity index (χ1v) is 8.37. The summed E-state index contributed by atoms with van der Waals surface area (Å²) >= 11 is 0. The molecule has 134 valence electrons. The van der Waals surface area contributed by atoms with Crippen molar-refractivity contribution in [1.29, 1.82) is 0 Å². The van der Waals surface area contributed by atoms with Crippen molar-refractivity contribution in [3.8, 4) is 0 Å². The normalized spacial score (nSPS) is 16.6. The van der Waals surface area contributed by atoms with Crippen LogP contribution in [-0.4, -0.2) is 48.2 Å². The number of rotatable bonds is 5. The summed E-state index contributed by atoms with van der Waals surface area (Å²) in [6.07, 6.45) is 1.59. The first-order chi connectivity index (χ1) is 12.0. The van der Waals surface area contributed by atoms with E-state index in [1.807, 2.05) is 19.1 Å². The van der Waals surface area contributed by atoms with Gasteiger partial charge in [0.2, 0.25) is 0 Å². The largest absolute Gasteiger partial charge is 0.465 e. The zero-order valence-electron chi connectivity index (χ0n) is 14.5. The number of furan rings is 1. The van der Waals surface area contributed by atoms with Crippen molar-refractivity contribution in [2.75, 3.05) is 32.8 Å². The Balaban J connectivity index is 1.72. The van der Waals surface area contributed by atoms with E-state index in [0.29, 0.717) is 25.3 Å². The molecule has 1 amide bonds. The van der Waals surface area contributed by atoms with Gasteiger partial charge in [-0.2, -0.15) is 0 Å². The van der Waals surface area contributed by atoms with E-state index in [1.54, 1.807) is 19.3 Å². The quantitative estimate of drug-likeness (QED) is 0.878. The van der Waals surface area contributed by atoms with Crippen molar-refractivity contribution in [1.82, 2.24) is 14.8 Å². The molecule has 25 heavy (non-hydrogen) atoms. The molecule has 2 aromatic heterocycles. The third-order valence-corrected chi connectivity index (χ3v) is 4.40. The summed E-state index contributed by atoms with van der Waals surface area (Å²) in [7, 11) is 1.65. The monoisotopic (exact) mass is 345 g/mol. The van der Waals surface area contributed by atoms with Gasteiger partial charge in [0.1, 0.15) is 11.5 Å². The molecular formula is C18H23N3O4. The van der Waals surface area contributed by atoms with Gasteiger partial charge in [-0.15, -0.1) is 0 Å². The molecule has 7 heteroatoms. The maximum Gasteiger partial charge on any atom is 0.251 e. The van der Waals surface area contributed by atoms with Crippen LogP contribution in [0.5, 0.6) is 0 Å². The number of nitrogens with one attached hydrogen (secondary N) is 1. The average Bonchev–Trinajstić information content (AvgIpc) is 3.04. The van der Waals surface area contributed by atoms with Crippen molar-refractivity contribution in [3.63, 3.8) is 0 Å². The minimum Gasteiger partial charge on any atom is -0.465 e. The lowest BCUT2D eigenvalue weighted by Crippen LogP contribution is -2.43. The predicted octanol–water partition coefficient (Wildman–Crippen LogP) is 1.09. The van der Waals surface area contributed by atoms with Crippen LogP contribution < -0.4 is 10.9 Å². The zero-order valence-corrected chi connectivity index (χ0v) is 14.5. The lowest BCUT2D eigenvalue weighted by Gasteiger charge is -2.33. The molecule has 0 unspecified atom stereocenters. The second-order valence-corrected chi connectivity index (χ2v) is 6.19. The van der Waals surface area contributed by atoms with Crippen molar-refractivity contribution in [2.24, 2.45) is 7.05 Å². The number of ether oxygens (including phenoxy) is 1. The molecule has 3 heterocycles. The Hall–Kier alpha value is -2.38. The molecule has 0 aromatic carbocycles. The zero-order chi connectivity index (χ0) is 17.8. The number of carbonyl (C=O) groups excluding carboxylic acids is 1. The van der Waals surface area contributed by atoms with Crippen molar-refractivity contribution in [2.45, 2.75) is 13.0 Å². The molecule has 1 saturated heterocycles. The molecule has 1 aliphatic heterocycles. The first kappa shape index (κ1) is 17.4. The molecule has 3 rings (SSSR count). The highest BCUT2D eigenvalue weighted by Crippen LogP contribution is 2.23. The fourth-order valence-corrected chi connectivity index (χ4v) is 2.91. The summed E-state index contributed by atoms with van der Waals surface area (Å²) in [6.45, 7) is 5.20. The van der Waals surface area contributed by atoms with E-state index < -0.39 is 0 Å². The van der Waals surface area contributed by atoms with Gasteiger partial charge in [0, 0.05) is 44.5 Å². The Bertz CT molecular complexity index is 790. The summed E-state index contributed by atoms with van der Waals surface area (Å²) in [6, 6.07) is 6.78. The number of nitrogens with zero attached hydrogens (tertiary/aromatic N) is 2. The van der Waals surface area contributed by atoms with Gasteiger partial charge in [0.15, 0.2) is 0 Å². The molecule has 2 aromatic rings. The Labute approximate surface area is 146 Å². The van der Waals surface area contributed by atoms with Crippen LogP contribution in [0.3, 0.4) is 0 Å². The SMILES string of the molecule is Cc1ccc([C@@H](CNC(=O)c2ccn(C)c(=O)c2)N2CCOCC2)o1. The highest BCUT2D eigenvalue weighted by molar-refractivity contribution is 5.93. The fourth-order valence-electron chi connectivity index (χ4n) is 2.91. The second kappa shape index (κ2) is 7.67. The van der Waals surface area contributed by atoms with E-state index in [-0.39, 0.29) is 17.5 Å². The maximum absolute atomic E-state index is 12.4. The Morgan fingerprint density at radius 2 is 2.04 bits per heavy atom. The molecule has 0 radical (unpaired) electrons. The van der Waals surface area contributed by atoms with Crippen LogP contribution in [0.4, 0.5) is 0 Å². The summed E-state index contributed by atoms with van der Waals surface area (Å²) in [5, 5.41) is 2.92. The van der Waals surface area contributed by atoms with Crippen LogP contribution in [0.15, 0.2) is 39.7 Å². The van der Waals surface area contributed by atoms with Gasteiger partial charge < -0.3 is 19.0 Å². The van der Waals surface area contributed by atoms with E-state index in [4.69, 9.17) is 9.15 Å². The highest BCUT2D eigenvalue weighted by Gasteiger charge is 2.25. The van der Waals surface area contributed by atoms with Gasteiger partial charge in [-0.3, -0.25) is 14.5 Å². The van der Waals surface area contributed by atoms with Gasteiger partial charge in [-0.05, 0) is 25.1 Å². The van der Waals surface area contributed by atoms with Gasteiger partial charge >= 0.3 is 0 Å². The maximum atomic E-state index is 12.4. The molecule has 0 saturated carbocycles. The van der Waals surface area contributed by atoms with Crippen molar-refractivity contribution >= 4 is 5.91 Å². The average molecular weight is 345 g/mol. The van der Waals surface area contributed by atoms with Crippen molar-refractivity contribution in [3.05, 3.63) is 57.9 Å². The van der Waals surface area contributed by atoms with Gasteiger partial charge in [-0.25, -0.2) is 0 Å². The number of pyridine rings is 1. The van der Waals surface area contributed by atoms with Gasteiger partial charge in [-0.1, -0.05) is 0 Å². The third-order valence-electron chi connectivity index (χ3n) is 4.40. The summed E-state index contributed by atoms with van der Waals surface area (Å²) in [4.78, 5) is 26.3. The topological polar surface area (TPSA) is 76.7 Å².